The molecule has 4 atom stereocenters. The molecule has 0 bridgehead atoms. The van der Waals surface area contributed by atoms with Crippen LogP contribution >= 0.6 is 0 Å². The number of benzene rings is 1. The van der Waals surface area contributed by atoms with Crippen molar-refractivity contribution in [3.8, 4) is 0 Å². The third kappa shape index (κ3) is 9.09. The normalized spacial score (nSPS) is 14.1. The number of guanidine groups is 1. The molecular weight excluding hydrogens is 484 g/mol. The molecule has 2 aromatic rings. The molecule has 2 rings (SSSR count). The predicted octanol–water partition coefficient (Wildman–Crippen LogP) is -2.36. The number of fused-ring (bicyclic) bond motifs is 1. The fourth-order valence-corrected chi connectivity index (χ4v) is 3.58. The molecule has 14 heteroatoms. The van der Waals surface area contributed by atoms with Crippen LogP contribution in [0.25, 0.3) is 10.9 Å². The van der Waals surface area contributed by atoms with Gasteiger partial charge in [-0.25, -0.2) is 4.79 Å². The maximum atomic E-state index is 12.8. The smallest absolute Gasteiger partial charge is 0.328 e. The SMILES string of the molecule is CC(O)C(NC(=O)CNC(=O)C(CCCN=C(N)N)NC(=O)C(N)Cc1c[nH]c2ccccc12)C(=O)O. The molecule has 0 radical (unpaired) electrons. The Bertz CT molecular complexity index is 1130. The van der Waals surface area contributed by atoms with Crippen molar-refractivity contribution in [1.29, 1.82) is 0 Å². The van der Waals surface area contributed by atoms with Crippen molar-refractivity contribution >= 4 is 40.6 Å². The van der Waals surface area contributed by atoms with Gasteiger partial charge in [0.2, 0.25) is 17.7 Å². The van der Waals surface area contributed by atoms with Crippen LogP contribution in [0.15, 0.2) is 35.5 Å². The molecule has 37 heavy (non-hydrogen) atoms. The van der Waals surface area contributed by atoms with Gasteiger partial charge in [-0.1, -0.05) is 18.2 Å². The number of rotatable bonds is 14. The Kier molecular flexibility index (Phi) is 10.8. The zero-order chi connectivity index (χ0) is 27.5. The van der Waals surface area contributed by atoms with Crippen LogP contribution in [0.2, 0.25) is 0 Å². The number of aromatic amines is 1. The summed E-state index contributed by atoms with van der Waals surface area (Å²) in [5.41, 5.74) is 18.5. The molecule has 0 fully saturated rings. The molecule has 0 saturated carbocycles. The average molecular weight is 519 g/mol. The third-order valence-corrected chi connectivity index (χ3v) is 5.52. The lowest BCUT2D eigenvalue weighted by Gasteiger charge is -2.21. The summed E-state index contributed by atoms with van der Waals surface area (Å²) in [6.07, 6.45) is 1.12. The highest BCUT2D eigenvalue weighted by molar-refractivity contribution is 5.93. The number of nitrogens with one attached hydrogen (secondary N) is 4. The molecule has 4 unspecified atom stereocenters. The van der Waals surface area contributed by atoms with E-state index in [-0.39, 0.29) is 25.3 Å². The second kappa shape index (κ2) is 13.8. The van der Waals surface area contributed by atoms with E-state index in [4.69, 9.17) is 22.3 Å². The van der Waals surface area contributed by atoms with E-state index in [1.165, 1.54) is 6.92 Å². The number of aromatic nitrogens is 1. The highest BCUT2D eigenvalue weighted by Crippen LogP contribution is 2.18. The Morgan fingerprint density at radius 1 is 1.11 bits per heavy atom. The molecule has 0 saturated heterocycles. The Balaban J connectivity index is 2.01. The van der Waals surface area contributed by atoms with E-state index in [0.717, 1.165) is 16.5 Å². The molecule has 0 aliphatic heterocycles. The van der Waals surface area contributed by atoms with E-state index in [9.17, 15) is 24.3 Å². The largest absolute Gasteiger partial charge is 0.480 e. The maximum Gasteiger partial charge on any atom is 0.328 e. The fourth-order valence-electron chi connectivity index (χ4n) is 3.58. The van der Waals surface area contributed by atoms with E-state index in [1.807, 2.05) is 24.3 Å². The number of carbonyl (C=O) groups excluding carboxylic acids is 3. The number of amides is 3. The highest BCUT2D eigenvalue weighted by Gasteiger charge is 2.27. The number of H-pyrrole nitrogens is 1. The summed E-state index contributed by atoms with van der Waals surface area (Å²) in [6.45, 7) is 0.842. The van der Waals surface area contributed by atoms with Crippen molar-refractivity contribution < 1.29 is 29.4 Å². The van der Waals surface area contributed by atoms with Crippen molar-refractivity contribution in [3.05, 3.63) is 36.0 Å². The van der Waals surface area contributed by atoms with Gasteiger partial charge in [-0.3, -0.25) is 19.4 Å². The second-order valence-corrected chi connectivity index (χ2v) is 8.52. The molecule has 0 aliphatic carbocycles. The minimum Gasteiger partial charge on any atom is -0.480 e. The van der Waals surface area contributed by atoms with Crippen LogP contribution in [0, 0.1) is 0 Å². The van der Waals surface area contributed by atoms with Gasteiger partial charge in [-0.15, -0.1) is 0 Å². The van der Waals surface area contributed by atoms with Gasteiger partial charge in [0.25, 0.3) is 0 Å². The van der Waals surface area contributed by atoms with Crippen molar-refractivity contribution in [2.75, 3.05) is 13.1 Å². The van der Waals surface area contributed by atoms with Gasteiger partial charge in [0.15, 0.2) is 12.0 Å². The maximum absolute atomic E-state index is 12.8. The number of carbonyl (C=O) groups is 4. The van der Waals surface area contributed by atoms with Gasteiger partial charge in [0.05, 0.1) is 18.7 Å². The molecule has 0 spiro atoms. The lowest BCUT2D eigenvalue weighted by Crippen LogP contribution is -2.54. The Morgan fingerprint density at radius 3 is 2.46 bits per heavy atom. The summed E-state index contributed by atoms with van der Waals surface area (Å²) < 4.78 is 0. The topological polar surface area (TPSA) is 251 Å². The minimum absolute atomic E-state index is 0.117. The van der Waals surface area contributed by atoms with Gasteiger partial charge in [0.1, 0.15) is 6.04 Å². The number of aliphatic imine (C=N–C) groups is 1. The van der Waals surface area contributed by atoms with Crippen LogP contribution < -0.4 is 33.2 Å². The van der Waals surface area contributed by atoms with E-state index in [1.54, 1.807) is 6.20 Å². The van der Waals surface area contributed by atoms with Crippen LogP contribution in [0.1, 0.15) is 25.3 Å². The van der Waals surface area contributed by atoms with E-state index < -0.39 is 54.5 Å². The predicted molar refractivity (Wildman–Crippen MR) is 136 cm³/mol. The number of aliphatic hydroxyl groups is 1. The molecule has 1 aromatic carbocycles. The summed E-state index contributed by atoms with van der Waals surface area (Å²) in [6, 6.07) is 4.00. The van der Waals surface area contributed by atoms with Crippen LogP contribution in [-0.4, -0.2) is 82.2 Å². The Morgan fingerprint density at radius 2 is 1.81 bits per heavy atom. The Labute approximate surface area is 213 Å². The first-order valence-electron chi connectivity index (χ1n) is 11.6. The van der Waals surface area contributed by atoms with E-state index in [0.29, 0.717) is 6.42 Å². The number of aliphatic carboxylic acids is 1. The van der Waals surface area contributed by atoms with Crippen molar-refractivity contribution in [1.82, 2.24) is 20.9 Å². The zero-order valence-corrected chi connectivity index (χ0v) is 20.4. The summed E-state index contributed by atoms with van der Waals surface area (Å²) in [5, 5.41) is 26.6. The molecular formula is C23H34N8O6. The number of nitrogens with two attached hydrogens (primary N) is 3. The first-order valence-corrected chi connectivity index (χ1v) is 11.6. The monoisotopic (exact) mass is 518 g/mol. The van der Waals surface area contributed by atoms with Crippen LogP contribution in [0.3, 0.4) is 0 Å². The number of hydrogen-bond donors (Lipinski definition) is 9. The molecule has 3 amide bonds. The number of aliphatic hydroxyl groups excluding tert-OH is 1. The number of hydrogen-bond acceptors (Lipinski definition) is 7. The van der Waals surface area contributed by atoms with Gasteiger partial charge >= 0.3 is 5.97 Å². The molecule has 14 nitrogen and oxygen atoms in total. The molecule has 1 heterocycles. The van der Waals surface area contributed by atoms with Crippen molar-refractivity contribution in [3.63, 3.8) is 0 Å². The quantitative estimate of drug-likeness (QED) is 0.0735. The van der Waals surface area contributed by atoms with E-state index in [2.05, 4.69) is 25.9 Å². The fraction of sp³-hybridized carbons (Fsp3) is 0.435. The highest BCUT2D eigenvalue weighted by atomic mass is 16.4. The summed E-state index contributed by atoms with van der Waals surface area (Å²) >= 11 is 0. The zero-order valence-electron chi connectivity index (χ0n) is 20.4. The number of para-hydroxylation sites is 1. The van der Waals surface area contributed by atoms with Crippen molar-refractivity contribution in [2.24, 2.45) is 22.2 Å². The average Bonchev–Trinajstić information content (AvgIpc) is 3.24. The third-order valence-electron chi connectivity index (χ3n) is 5.52. The summed E-state index contributed by atoms with van der Waals surface area (Å²) in [7, 11) is 0. The molecule has 0 aliphatic rings. The standard InChI is InChI=1S/C23H34N8O6/c1-12(32)19(22(36)37)31-18(33)11-29-21(35)17(7-4-8-27-23(25)26)30-20(34)15(24)9-13-10-28-16-6-3-2-5-14(13)16/h2-3,5-6,10,12,15,17,19,28,32H,4,7-9,11,24H2,1H3,(H,29,35)(H,30,34)(H,31,33)(H,36,37)(H4,25,26,27). The molecule has 1 aromatic heterocycles. The first-order chi connectivity index (χ1) is 17.5. The van der Waals surface area contributed by atoms with Gasteiger partial charge < -0.3 is 48.3 Å². The van der Waals surface area contributed by atoms with Crippen LogP contribution in [-0.2, 0) is 25.6 Å². The molecule has 202 valence electrons. The number of carboxylic acid groups (broad SMARTS) is 1. The van der Waals surface area contributed by atoms with Crippen LogP contribution in [0.4, 0.5) is 0 Å². The summed E-state index contributed by atoms with van der Waals surface area (Å²) in [4.78, 5) is 55.8. The number of nitrogens with zero attached hydrogens (tertiary/aromatic N) is 1. The van der Waals surface area contributed by atoms with E-state index >= 15 is 0 Å². The first kappa shape index (κ1) is 29.1. The van der Waals surface area contributed by atoms with Gasteiger partial charge in [0, 0.05) is 23.6 Å². The number of carboxylic acids is 1. The summed E-state index contributed by atoms with van der Waals surface area (Å²) in [5.74, 6) is -3.63. The second-order valence-electron chi connectivity index (χ2n) is 8.52. The lowest BCUT2D eigenvalue weighted by molar-refractivity contribution is -0.144. The van der Waals surface area contributed by atoms with Crippen LogP contribution in [0.5, 0.6) is 0 Å². The Hall–Kier alpha value is -4.17. The minimum atomic E-state index is -1.54. The van der Waals surface area contributed by atoms with Gasteiger partial charge in [-0.05, 0) is 37.8 Å². The van der Waals surface area contributed by atoms with Gasteiger partial charge in [-0.2, -0.15) is 0 Å². The van der Waals surface area contributed by atoms with Crippen molar-refractivity contribution in [2.45, 2.75) is 50.4 Å². The molecule has 12 N–H and O–H groups in total. The lowest BCUT2D eigenvalue weighted by atomic mass is 10.0.